The van der Waals surface area contributed by atoms with Crippen molar-refractivity contribution in [2.45, 2.75) is 13.8 Å². The van der Waals surface area contributed by atoms with Crippen molar-refractivity contribution >= 4 is 34.6 Å². The van der Waals surface area contributed by atoms with Gasteiger partial charge in [0.15, 0.2) is 0 Å². The van der Waals surface area contributed by atoms with Gasteiger partial charge < -0.3 is 15.0 Å². The summed E-state index contributed by atoms with van der Waals surface area (Å²) in [4.78, 5) is 19.0. The van der Waals surface area contributed by atoms with Crippen molar-refractivity contribution in [3.8, 4) is 5.75 Å². The lowest BCUT2D eigenvalue weighted by Crippen LogP contribution is -2.30. The van der Waals surface area contributed by atoms with E-state index in [0.29, 0.717) is 34.3 Å². The molecule has 0 aliphatic heterocycles. The van der Waals surface area contributed by atoms with Crippen LogP contribution in [0.5, 0.6) is 5.75 Å². The Labute approximate surface area is 169 Å². The Morgan fingerprint density at radius 1 is 1.18 bits per heavy atom. The summed E-state index contributed by atoms with van der Waals surface area (Å²) in [6, 6.07) is 14.9. The number of nitrogens with one attached hydrogen (secondary N) is 1. The van der Waals surface area contributed by atoms with Gasteiger partial charge in [0, 0.05) is 23.5 Å². The van der Waals surface area contributed by atoms with Crippen LogP contribution in [0.4, 0.5) is 17.1 Å². The van der Waals surface area contributed by atoms with E-state index in [1.807, 2.05) is 38.1 Å². The summed E-state index contributed by atoms with van der Waals surface area (Å²) >= 11 is 6.09. The molecule has 1 aromatic heterocycles. The summed E-state index contributed by atoms with van der Waals surface area (Å²) < 4.78 is 5.36. The SMILES string of the molecule is CCN(C(=O)c1cncc(Nc2cc(Cl)ccc2OC)c1)c1cccc(C)c1. The summed E-state index contributed by atoms with van der Waals surface area (Å²) in [6.07, 6.45) is 3.22. The smallest absolute Gasteiger partial charge is 0.259 e. The van der Waals surface area contributed by atoms with Crippen molar-refractivity contribution < 1.29 is 9.53 Å². The number of aryl methyl sites for hydroxylation is 1. The average Bonchev–Trinajstić information content (AvgIpc) is 2.69. The van der Waals surface area contributed by atoms with Crippen LogP contribution in [0.2, 0.25) is 5.02 Å². The fourth-order valence-electron chi connectivity index (χ4n) is 2.95. The zero-order valence-corrected chi connectivity index (χ0v) is 16.8. The molecule has 2 aromatic carbocycles. The van der Waals surface area contributed by atoms with Crippen LogP contribution < -0.4 is 15.0 Å². The normalized spacial score (nSPS) is 10.4. The Kier molecular flexibility index (Phi) is 6.16. The minimum atomic E-state index is -0.109. The van der Waals surface area contributed by atoms with E-state index in [4.69, 9.17) is 16.3 Å². The number of aromatic nitrogens is 1. The number of hydrogen-bond acceptors (Lipinski definition) is 4. The second-order valence-corrected chi connectivity index (χ2v) is 6.76. The van der Waals surface area contributed by atoms with Gasteiger partial charge in [0.2, 0.25) is 0 Å². The third-order valence-electron chi connectivity index (χ3n) is 4.30. The molecule has 0 atom stereocenters. The predicted molar refractivity (Wildman–Crippen MR) is 114 cm³/mol. The molecule has 0 fully saturated rings. The minimum absolute atomic E-state index is 0.109. The molecular weight excluding hydrogens is 374 g/mol. The monoisotopic (exact) mass is 395 g/mol. The number of rotatable bonds is 6. The van der Waals surface area contributed by atoms with Crippen LogP contribution in [0.1, 0.15) is 22.8 Å². The van der Waals surface area contributed by atoms with Crippen LogP contribution in [0.25, 0.3) is 0 Å². The molecule has 0 saturated heterocycles. The molecule has 1 amide bonds. The molecule has 0 saturated carbocycles. The van der Waals surface area contributed by atoms with Gasteiger partial charge in [0.05, 0.1) is 30.2 Å². The maximum absolute atomic E-state index is 13.1. The largest absolute Gasteiger partial charge is 0.495 e. The predicted octanol–water partition coefficient (Wildman–Crippen LogP) is 5.46. The van der Waals surface area contributed by atoms with Crippen molar-refractivity contribution in [1.29, 1.82) is 0 Å². The number of benzene rings is 2. The van der Waals surface area contributed by atoms with Gasteiger partial charge in [0.25, 0.3) is 5.91 Å². The number of amides is 1. The molecule has 144 valence electrons. The van der Waals surface area contributed by atoms with Gasteiger partial charge in [-0.25, -0.2) is 0 Å². The molecule has 0 aliphatic carbocycles. The third-order valence-corrected chi connectivity index (χ3v) is 4.54. The Hall–Kier alpha value is -3.05. The Morgan fingerprint density at radius 2 is 2.00 bits per heavy atom. The maximum Gasteiger partial charge on any atom is 0.259 e. The number of carbonyl (C=O) groups is 1. The van der Waals surface area contributed by atoms with Gasteiger partial charge in [-0.15, -0.1) is 0 Å². The molecule has 5 nitrogen and oxygen atoms in total. The van der Waals surface area contributed by atoms with E-state index in [0.717, 1.165) is 11.3 Å². The molecule has 1 N–H and O–H groups in total. The van der Waals surface area contributed by atoms with E-state index < -0.39 is 0 Å². The second-order valence-electron chi connectivity index (χ2n) is 6.32. The molecule has 0 unspecified atom stereocenters. The van der Waals surface area contributed by atoms with E-state index in [9.17, 15) is 4.79 Å². The fraction of sp³-hybridized carbons (Fsp3) is 0.182. The summed E-state index contributed by atoms with van der Waals surface area (Å²) in [7, 11) is 1.59. The summed E-state index contributed by atoms with van der Waals surface area (Å²) in [5, 5.41) is 3.81. The lowest BCUT2D eigenvalue weighted by atomic mass is 10.1. The number of nitrogens with zero attached hydrogens (tertiary/aromatic N) is 2. The average molecular weight is 396 g/mol. The molecule has 3 rings (SSSR count). The molecule has 0 radical (unpaired) electrons. The number of ether oxygens (including phenoxy) is 1. The van der Waals surface area contributed by atoms with Crippen LogP contribution >= 0.6 is 11.6 Å². The first kappa shape index (κ1) is 19.7. The standard InChI is InChI=1S/C22H22ClN3O2/c1-4-26(19-7-5-6-15(2)10-19)22(27)16-11-18(14-24-13-16)25-20-12-17(23)8-9-21(20)28-3/h5-14,25H,4H2,1-3H3. The van der Waals surface area contributed by atoms with Crippen molar-refractivity contribution in [2.75, 3.05) is 23.9 Å². The van der Waals surface area contributed by atoms with Crippen LogP contribution in [0.3, 0.4) is 0 Å². The van der Waals surface area contributed by atoms with Crippen molar-refractivity contribution in [2.24, 2.45) is 0 Å². The highest BCUT2D eigenvalue weighted by Gasteiger charge is 2.17. The van der Waals surface area contributed by atoms with E-state index in [1.165, 1.54) is 0 Å². The van der Waals surface area contributed by atoms with Crippen molar-refractivity contribution in [3.05, 3.63) is 77.1 Å². The Bertz CT molecular complexity index is 991. The molecule has 28 heavy (non-hydrogen) atoms. The number of methoxy groups -OCH3 is 1. The topological polar surface area (TPSA) is 54.5 Å². The lowest BCUT2D eigenvalue weighted by molar-refractivity contribution is 0.0988. The van der Waals surface area contributed by atoms with Crippen LogP contribution in [-0.2, 0) is 0 Å². The third kappa shape index (κ3) is 4.43. The summed E-state index contributed by atoms with van der Waals surface area (Å²) in [5.41, 5.74) is 3.83. The lowest BCUT2D eigenvalue weighted by Gasteiger charge is -2.22. The molecule has 0 bridgehead atoms. The van der Waals surface area contributed by atoms with Gasteiger partial charge in [-0.1, -0.05) is 23.7 Å². The first-order valence-electron chi connectivity index (χ1n) is 8.96. The molecule has 1 heterocycles. The molecular formula is C22H22ClN3O2. The minimum Gasteiger partial charge on any atom is -0.495 e. The van der Waals surface area contributed by atoms with Crippen molar-refractivity contribution in [3.63, 3.8) is 0 Å². The number of hydrogen-bond donors (Lipinski definition) is 1. The highest BCUT2D eigenvalue weighted by atomic mass is 35.5. The zero-order valence-electron chi connectivity index (χ0n) is 16.1. The molecule has 6 heteroatoms. The second kappa shape index (κ2) is 8.76. The van der Waals surface area contributed by atoms with Crippen molar-refractivity contribution in [1.82, 2.24) is 4.98 Å². The fourth-order valence-corrected chi connectivity index (χ4v) is 3.13. The molecule has 0 aliphatic rings. The highest BCUT2D eigenvalue weighted by molar-refractivity contribution is 6.31. The quantitative estimate of drug-likeness (QED) is 0.601. The molecule has 0 spiro atoms. The molecule has 3 aromatic rings. The van der Waals surface area contributed by atoms with Crippen LogP contribution in [0.15, 0.2) is 60.9 Å². The number of anilines is 3. The number of pyridine rings is 1. The number of carbonyl (C=O) groups excluding carboxylic acids is 1. The Morgan fingerprint density at radius 3 is 2.71 bits per heavy atom. The van der Waals surface area contributed by atoms with Gasteiger partial charge >= 0.3 is 0 Å². The van der Waals surface area contributed by atoms with E-state index in [-0.39, 0.29) is 5.91 Å². The summed E-state index contributed by atoms with van der Waals surface area (Å²) in [5.74, 6) is 0.540. The van der Waals surface area contributed by atoms with Gasteiger partial charge in [0.1, 0.15) is 5.75 Å². The van der Waals surface area contributed by atoms with E-state index in [2.05, 4.69) is 10.3 Å². The Balaban J connectivity index is 1.88. The van der Waals surface area contributed by atoms with Gasteiger partial charge in [-0.3, -0.25) is 9.78 Å². The van der Waals surface area contributed by atoms with E-state index >= 15 is 0 Å². The highest BCUT2D eigenvalue weighted by Crippen LogP contribution is 2.30. The van der Waals surface area contributed by atoms with Gasteiger partial charge in [-0.2, -0.15) is 0 Å². The van der Waals surface area contributed by atoms with Gasteiger partial charge in [-0.05, 0) is 55.8 Å². The maximum atomic E-state index is 13.1. The first-order valence-corrected chi connectivity index (χ1v) is 9.33. The van der Waals surface area contributed by atoms with Crippen LogP contribution in [-0.4, -0.2) is 24.5 Å². The zero-order chi connectivity index (χ0) is 20.1. The first-order chi connectivity index (χ1) is 13.5. The summed E-state index contributed by atoms with van der Waals surface area (Å²) in [6.45, 7) is 4.51. The van der Waals surface area contributed by atoms with E-state index in [1.54, 1.807) is 48.7 Å². The van der Waals surface area contributed by atoms with Crippen LogP contribution in [0, 0.1) is 6.92 Å². The number of halogens is 1.